The van der Waals surface area contributed by atoms with Gasteiger partial charge in [-0.05, 0) is 33.6 Å². The molecule has 0 bridgehead atoms. The highest BCUT2D eigenvalue weighted by molar-refractivity contribution is 5.82. The first-order valence-corrected chi connectivity index (χ1v) is 14.2. The van der Waals surface area contributed by atoms with Gasteiger partial charge >= 0.3 is 18.2 Å². The number of nitrogens with two attached hydrogens (primary N) is 1. The highest BCUT2D eigenvalue weighted by Gasteiger charge is 2.52. The van der Waals surface area contributed by atoms with Crippen LogP contribution in [0.5, 0.6) is 0 Å². The number of halogens is 3. The van der Waals surface area contributed by atoms with Crippen LogP contribution < -0.4 is 16.4 Å². The van der Waals surface area contributed by atoms with Crippen LogP contribution in [0.15, 0.2) is 0 Å². The number of carbonyl (C=O) groups is 2. The standard InChI is InChI=1S/C25H42F3N3O14/c1-24(2,3)45-23(40)30-6-10-14(34)17(37)18(38)21(42-10)41-9-5-4-8(29)19(15(9)35)44-20-16(36)12(13(33)11(7-32)43-20)31-22(39)25(26,27)28/h8-21,32-38H,4-7,29H2,1-3H3,(H,30,40)(H,31,39). The van der Waals surface area contributed by atoms with E-state index < -0.39 is 116 Å². The van der Waals surface area contributed by atoms with E-state index >= 15 is 0 Å². The van der Waals surface area contributed by atoms with E-state index in [0.29, 0.717) is 0 Å². The first kappa shape index (κ1) is 37.5. The second-order valence-corrected chi connectivity index (χ2v) is 12.1. The summed E-state index contributed by atoms with van der Waals surface area (Å²) in [7, 11) is 0. The van der Waals surface area contributed by atoms with Crippen LogP contribution in [0.4, 0.5) is 18.0 Å². The second-order valence-electron chi connectivity index (χ2n) is 12.1. The molecule has 2 heterocycles. The van der Waals surface area contributed by atoms with E-state index in [1.807, 2.05) is 0 Å². The minimum Gasteiger partial charge on any atom is -0.444 e. The van der Waals surface area contributed by atoms with Gasteiger partial charge in [0.15, 0.2) is 12.6 Å². The maximum Gasteiger partial charge on any atom is 0.471 e. The average molecular weight is 666 g/mol. The molecule has 17 nitrogen and oxygen atoms in total. The molecule has 3 aliphatic rings. The number of alkyl halides is 3. The molecule has 45 heavy (non-hydrogen) atoms. The number of ether oxygens (including phenoxy) is 5. The van der Waals surface area contributed by atoms with E-state index in [4.69, 9.17) is 29.4 Å². The van der Waals surface area contributed by atoms with Gasteiger partial charge in [-0.2, -0.15) is 13.2 Å². The number of nitrogens with one attached hydrogen (secondary N) is 2. The van der Waals surface area contributed by atoms with Gasteiger partial charge in [-0.15, -0.1) is 0 Å². The topological polar surface area (TPSA) is 272 Å². The Bertz CT molecular complexity index is 1010. The predicted octanol–water partition coefficient (Wildman–Crippen LogP) is -3.94. The lowest BCUT2D eigenvalue weighted by Crippen LogP contribution is -2.68. The van der Waals surface area contributed by atoms with Crippen molar-refractivity contribution in [2.75, 3.05) is 13.2 Å². The van der Waals surface area contributed by atoms with Crippen molar-refractivity contribution in [1.82, 2.24) is 10.6 Å². The van der Waals surface area contributed by atoms with Crippen molar-refractivity contribution in [3.63, 3.8) is 0 Å². The summed E-state index contributed by atoms with van der Waals surface area (Å²) in [6.07, 6.45) is -26.4. The maximum absolute atomic E-state index is 12.8. The van der Waals surface area contributed by atoms with Gasteiger partial charge in [0.2, 0.25) is 0 Å². The summed E-state index contributed by atoms with van der Waals surface area (Å²) in [6, 6.07) is -2.99. The first-order valence-electron chi connectivity index (χ1n) is 14.2. The fourth-order valence-electron chi connectivity index (χ4n) is 5.11. The molecule has 0 radical (unpaired) electrons. The van der Waals surface area contributed by atoms with Crippen LogP contribution in [0.25, 0.3) is 0 Å². The van der Waals surface area contributed by atoms with E-state index in [1.165, 1.54) is 5.32 Å². The maximum atomic E-state index is 12.8. The fraction of sp³-hybridized carbons (Fsp3) is 0.920. The number of amides is 2. The number of alkyl carbamates (subject to hydrolysis) is 1. The molecule has 2 aliphatic heterocycles. The van der Waals surface area contributed by atoms with Crippen molar-refractivity contribution < 1.29 is 82.2 Å². The molecule has 0 aromatic carbocycles. The van der Waals surface area contributed by atoms with Crippen molar-refractivity contribution in [2.24, 2.45) is 5.73 Å². The number of hydrogen-bond donors (Lipinski definition) is 10. The van der Waals surface area contributed by atoms with Crippen LogP contribution in [0, 0.1) is 0 Å². The molecular weight excluding hydrogens is 623 g/mol. The van der Waals surface area contributed by atoms with Crippen LogP contribution in [-0.2, 0) is 28.5 Å². The molecule has 0 aromatic heterocycles. The molecular formula is C25H42F3N3O14. The Morgan fingerprint density at radius 1 is 0.844 bits per heavy atom. The first-order chi connectivity index (χ1) is 20.7. The molecule has 2 saturated heterocycles. The molecule has 14 unspecified atom stereocenters. The third-order valence-electron chi connectivity index (χ3n) is 7.48. The summed E-state index contributed by atoms with van der Waals surface area (Å²) >= 11 is 0. The smallest absolute Gasteiger partial charge is 0.444 e. The van der Waals surface area contributed by atoms with E-state index in [0.717, 1.165) is 0 Å². The molecule has 0 aromatic rings. The highest BCUT2D eigenvalue weighted by Crippen LogP contribution is 2.32. The summed E-state index contributed by atoms with van der Waals surface area (Å²) in [6.45, 7) is 3.55. The zero-order valence-electron chi connectivity index (χ0n) is 24.6. The summed E-state index contributed by atoms with van der Waals surface area (Å²) in [5.74, 6) is -2.48. The lowest BCUT2D eigenvalue weighted by atomic mass is 9.87. The van der Waals surface area contributed by atoms with Gasteiger partial charge in [-0.3, -0.25) is 4.79 Å². The Kier molecular flexibility index (Phi) is 12.4. The Labute approximate surface area is 255 Å². The quantitative estimate of drug-likeness (QED) is 0.119. The van der Waals surface area contributed by atoms with Crippen LogP contribution >= 0.6 is 0 Å². The largest absolute Gasteiger partial charge is 0.471 e. The van der Waals surface area contributed by atoms with Crippen molar-refractivity contribution in [2.45, 2.75) is 131 Å². The van der Waals surface area contributed by atoms with Gasteiger partial charge < -0.3 is 75.8 Å². The third-order valence-corrected chi connectivity index (χ3v) is 7.48. The highest BCUT2D eigenvalue weighted by atomic mass is 19.4. The summed E-state index contributed by atoms with van der Waals surface area (Å²) in [5.41, 5.74) is 5.26. The van der Waals surface area contributed by atoms with E-state index in [-0.39, 0.29) is 19.4 Å². The molecule has 1 saturated carbocycles. The lowest BCUT2D eigenvalue weighted by Gasteiger charge is -2.47. The fourth-order valence-corrected chi connectivity index (χ4v) is 5.11. The van der Waals surface area contributed by atoms with E-state index in [2.05, 4.69) is 5.32 Å². The van der Waals surface area contributed by atoms with Crippen LogP contribution in [0.3, 0.4) is 0 Å². The summed E-state index contributed by atoms with van der Waals surface area (Å²) in [5, 5.41) is 76.6. The lowest BCUT2D eigenvalue weighted by molar-refractivity contribution is -0.331. The molecule has 0 spiro atoms. The monoisotopic (exact) mass is 665 g/mol. The van der Waals surface area contributed by atoms with Gasteiger partial charge in [0.1, 0.15) is 60.5 Å². The van der Waals surface area contributed by atoms with Gasteiger partial charge in [0, 0.05) is 12.6 Å². The van der Waals surface area contributed by atoms with Gasteiger partial charge in [0.05, 0.1) is 18.8 Å². The molecule has 3 fully saturated rings. The van der Waals surface area contributed by atoms with Gasteiger partial charge in [-0.1, -0.05) is 0 Å². The van der Waals surface area contributed by atoms with E-state index in [9.17, 15) is 58.5 Å². The van der Waals surface area contributed by atoms with Gasteiger partial charge in [0.25, 0.3) is 0 Å². The zero-order chi connectivity index (χ0) is 34.0. The Hall–Kier alpha value is -1.95. The van der Waals surface area contributed by atoms with Crippen LogP contribution in [-0.4, -0.2) is 158 Å². The number of aliphatic hydroxyl groups excluding tert-OH is 7. The van der Waals surface area contributed by atoms with Gasteiger partial charge in [-0.25, -0.2) is 4.79 Å². The van der Waals surface area contributed by atoms with E-state index in [1.54, 1.807) is 20.8 Å². The third kappa shape index (κ3) is 9.32. The van der Waals surface area contributed by atoms with Crippen LogP contribution in [0.2, 0.25) is 0 Å². The number of carbonyl (C=O) groups excluding carboxylic acids is 2. The SMILES string of the molecule is CC(C)(C)OC(=O)NCC1OC(OC2CCC(N)C(OC3OC(CO)C(O)C(NC(=O)C(F)(F)F)C3O)C2O)C(O)C(O)C1O. The number of rotatable bonds is 8. The minimum atomic E-state index is -5.37. The molecule has 11 N–H and O–H groups in total. The Morgan fingerprint density at radius 2 is 1.44 bits per heavy atom. The van der Waals surface area contributed by atoms with Crippen molar-refractivity contribution in [1.29, 1.82) is 0 Å². The molecule has 262 valence electrons. The molecule has 14 atom stereocenters. The van der Waals surface area contributed by atoms with Crippen molar-refractivity contribution in [3.8, 4) is 0 Å². The zero-order valence-corrected chi connectivity index (χ0v) is 24.6. The second kappa shape index (κ2) is 14.9. The molecule has 1 aliphatic carbocycles. The Balaban J connectivity index is 1.70. The summed E-state index contributed by atoms with van der Waals surface area (Å²) in [4.78, 5) is 23.5. The average Bonchev–Trinajstić information content (AvgIpc) is 2.93. The predicted molar refractivity (Wildman–Crippen MR) is 140 cm³/mol. The summed E-state index contributed by atoms with van der Waals surface area (Å²) < 4.78 is 65.9. The van der Waals surface area contributed by atoms with Crippen molar-refractivity contribution in [3.05, 3.63) is 0 Å². The molecule has 20 heteroatoms. The minimum absolute atomic E-state index is 0.0323. The van der Waals surface area contributed by atoms with Crippen LogP contribution in [0.1, 0.15) is 33.6 Å². The van der Waals surface area contributed by atoms with Crippen molar-refractivity contribution >= 4 is 12.0 Å². The Morgan fingerprint density at radius 3 is 2.02 bits per heavy atom. The normalized spacial score (nSPS) is 41.3. The molecule has 3 rings (SSSR count). The molecule has 2 amide bonds. The number of hydrogen-bond acceptors (Lipinski definition) is 15. The number of aliphatic hydroxyl groups is 7.